The topological polar surface area (TPSA) is 72.5 Å². The Morgan fingerprint density at radius 3 is 1.79 bits per heavy atom. The van der Waals surface area contributed by atoms with Crippen LogP contribution >= 0.6 is 0 Å². The Bertz CT molecular complexity index is 993. The summed E-state index contributed by atoms with van der Waals surface area (Å²) >= 11 is 0. The number of carboxylic acid groups (broad SMARTS) is 1. The largest absolute Gasteiger partial charge is 0.480 e. The zero-order valence-corrected chi connectivity index (χ0v) is 16.6. The predicted molar refractivity (Wildman–Crippen MR) is 113 cm³/mol. The average molecular weight is 387 g/mol. The third-order valence-electron chi connectivity index (χ3n) is 5.94. The van der Waals surface area contributed by atoms with Crippen LogP contribution in [0.1, 0.15) is 41.7 Å². The van der Waals surface area contributed by atoms with Crippen LogP contribution in [0.15, 0.2) is 78.9 Å². The van der Waals surface area contributed by atoms with E-state index in [4.69, 9.17) is 10.5 Å². The summed E-state index contributed by atoms with van der Waals surface area (Å²) in [5.74, 6) is -1.08. The molecule has 0 heterocycles. The Hall–Kier alpha value is -2.95. The number of carbonyl (C=O) groups is 1. The highest BCUT2D eigenvalue weighted by Crippen LogP contribution is 2.53. The first-order valence-corrected chi connectivity index (χ1v) is 9.77. The number of hydrogen-bond donors (Lipinski definition) is 2. The number of benzene rings is 3. The number of carboxylic acids is 1. The Labute approximate surface area is 171 Å². The molecule has 0 bridgehead atoms. The molecule has 1 aliphatic carbocycles. The van der Waals surface area contributed by atoms with Gasteiger partial charge in [0.1, 0.15) is 11.6 Å². The van der Waals surface area contributed by atoms with Crippen molar-refractivity contribution in [2.45, 2.75) is 30.9 Å². The third kappa shape index (κ3) is 2.96. The summed E-state index contributed by atoms with van der Waals surface area (Å²) < 4.78 is 6.52. The molecule has 0 saturated carbocycles. The number of fused-ring (bicyclic) bond motifs is 2. The Balaban J connectivity index is 2.04. The van der Waals surface area contributed by atoms with Crippen LogP contribution in [0.5, 0.6) is 0 Å². The summed E-state index contributed by atoms with van der Waals surface area (Å²) in [6, 6.07) is 25.3. The molecule has 1 atom stereocenters. The van der Waals surface area contributed by atoms with E-state index in [1.807, 2.05) is 54.6 Å². The number of nitrogens with two attached hydrogens (primary N) is 1. The molecule has 4 rings (SSSR count). The van der Waals surface area contributed by atoms with Crippen molar-refractivity contribution in [1.82, 2.24) is 0 Å². The summed E-state index contributed by atoms with van der Waals surface area (Å²) in [7, 11) is 0. The van der Waals surface area contributed by atoms with Crippen LogP contribution in [0, 0.1) is 0 Å². The minimum absolute atomic E-state index is 0.104. The quantitative estimate of drug-likeness (QED) is 0.693. The molecule has 1 aliphatic rings. The molecule has 0 aliphatic heterocycles. The molecule has 0 aromatic heterocycles. The van der Waals surface area contributed by atoms with Gasteiger partial charge in [0.15, 0.2) is 0 Å². The maximum Gasteiger partial charge on any atom is 0.322 e. The van der Waals surface area contributed by atoms with Gasteiger partial charge in [-0.2, -0.15) is 0 Å². The Morgan fingerprint density at radius 1 is 0.862 bits per heavy atom. The number of ether oxygens (including phenoxy) is 1. The summed E-state index contributed by atoms with van der Waals surface area (Å²) in [6.07, 6.45) is 0. The zero-order chi connectivity index (χ0) is 20.6. The molecule has 0 spiro atoms. The SMILES string of the molecule is CC1(C)c2ccccc2C(OC[C@H](N)C(=O)O)(c2ccccc2)c2ccccc21. The van der Waals surface area contributed by atoms with Crippen molar-refractivity contribution < 1.29 is 14.6 Å². The van der Waals surface area contributed by atoms with Crippen molar-refractivity contribution in [3.8, 4) is 0 Å². The first-order valence-electron chi connectivity index (χ1n) is 9.77. The predicted octanol–water partition coefficient (Wildman–Crippen LogP) is 4.05. The summed E-state index contributed by atoms with van der Waals surface area (Å²) in [6.45, 7) is 4.32. The van der Waals surface area contributed by atoms with Gasteiger partial charge < -0.3 is 15.6 Å². The van der Waals surface area contributed by atoms with Crippen LogP contribution in [0.25, 0.3) is 0 Å². The smallest absolute Gasteiger partial charge is 0.322 e. The maximum atomic E-state index is 11.4. The van der Waals surface area contributed by atoms with Gasteiger partial charge in [0.2, 0.25) is 0 Å². The van der Waals surface area contributed by atoms with Crippen LogP contribution in [-0.4, -0.2) is 23.7 Å². The minimum atomic E-state index is -1.11. The van der Waals surface area contributed by atoms with Crippen molar-refractivity contribution in [3.63, 3.8) is 0 Å². The highest BCUT2D eigenvalue weighted by Gasteiger charge is 2.48. The molecule has 3 N–H and O–H groups in total. The first kappa shape index (κ1) is 19.4. The molecule has 148 valence electrons. The van der Waals surface area contributed by atoms with E-state index in [-0.39, 0.29) is 12.0 Å². The lowest BCUT2D eigenvalue weighted by molar-refractivity contribution is -0.141. The van der Waals surface area contributed by atoms with Crippen molar-refractivity contribution in [3.05, 3.63) is 107 Å². The molecule has 3 aromatic carbocycles. The highest BCUT2D eigenvalue weighted by molar-refractivity contribution is 5.73. The highest BCUT2D eigenvalue weighted by atomic mass is 16.5. The summed E-state index contributed by atoms with van der Waals surface area (Å²) in [4.78, 5) is 11.4. The van der Waals surface area contributed by atoms with Crippen molar-refractivity contribution in [1.29, 1.82) is 0 Å². The lowest BCUT2D eigenvalue weighted by atomic mass is 9.61. The Kier molecular flexibility index (Phi) is 4.77. The van der Waals surface area contributed by atoms with Gasteiger partial charge >= 0.3 is 5.97 Å². The van der Waals surface area contributed by atoms with Crippen molar-refractivity contribution in [2.24, 2.45) is 5.73 Å². The van der Waals surface area contributed by atoms with Gasteiger partial charge in [0.25, 0.3) is 0 Å². The van der Waals surface area contributed by atoms with Gasteiger partial charge in [-0.15, -0.1) is 0 Å². The number of rotatable bonds is 5. The van der Waals surface area contributed by atoms with Gasteiger partial charge in [0, 0.05) is 5.41 Å². The minimum Gasteiger partial charge on any atom is -0.480 e. The fourth-order valence-electron chi connectivity index (χ4n) is 4.47. The van der Waals surface area contributed by atoms with E-state index in [1.165, 1.54) is 0 Å². The van der Waals surface area contributed by atoms with Gasteiger partial charge in [-0.1, -0.05) is 92.7 Å². The van der Waals surface area contributed by atoms with Crippen molar-refractivity contribution in [2.75, 3.05) is 6.61 Å². The fourth-order valence-corrected chi connectivity index (χ4v) is 4.47. The summed E-state index contributed by atoms with van der Waals surface area (Å²) in [5.41, 5.74) is 10.00. The van der Waals surface area contributed by atoms with E-state index in [2.05, 4.69) is 38.1 Å². The molecule has 0 saturated heterocycles. The van der Waals surface area contributed by atoms with E-state index in [0.29, 0.717) is 0 Å². The lowest BCUT2D eigenvalue weighted by Gasteiger charge is -2.47. The van der Waals surface area contributed by atoms with Crippen molar-refractivity contribution >= 4 is 5.97 Å². The van der Waals surface area contributed by atoms with Crippen LogP contribution in [0.4, 0.5) is 0 Å². The van der Waals surface area contributed by atoms with E-state index in [9.17, 15) is 9.90 Å². The second-order valence-electron chi connectivity index (χ2n) is 8.02. The van der Waals surface area contributed by atoms with Gasteiger partial charge in [-0.25, -0.2) is 0 Å². The molecular formula is C25H25NO3. The van der Waals surface area contributed by atoms with Gasteiger partial charge in [0.05, 0.1) is 6.61 Å². The van der Waals surface area contributed by atoms with E-state index < -0.39 is 17.6 Å². The van der Waals surface area contributed by atoms with Gasteiger partial charge in [-0.3, -0.25) is 4.79 Å². The monoisotopic (exact) mass is 387 g/mol. The maximum absolute atomic E-state index is 11.4. The normalized spacial score (nSPS) is 17.1. The Morgan fingerprint density at radius 2 is 1.31 bits per heavy atom. The van der Waals surface area contributed by atoms with E-state index in [1.54, 1.807) is 0 Å². The standard InChI is InChI=1S/C25H25NO3/c1-24(2)18-12-6-8-14-20(18)25(17-10-4-3-5-11-17,29-16-22(26)23(27)28)21-15-9-7-13-19(21)24/h3-15,22H,16,26H2,1-2H3,(H,27,28)/t22-/m0/s1. The second kappa shape index (κ2) is 7.14. The van der Waals surface area contributed by atoms with E-state index in [0.717, 1.165) is 27.8 Å². The van der Waals surface area contributed by atoms with Crippen LogP contribution in [0.2, 0.25) is 0 Å². The van der Waals surface area contributed by atoms with Gasteiger partial charge in [-0.05, 0) is 27.8 Å². The third-order valence-corrected chi connectivity index (χ3v) is 5.94. The zero-order valence-electron chi connectivity index (χ0n) is 16.6. The first-order chi connectivity index (χ1) is 13.9. The molecule has 0 fully saturated rings. The molecule has 4 nitrogen and oxygen atoms in total. The van der Waals surface area contributed by atoms with E-state index >= 15 is 0 Å². The fraction of sp³-hybridized carbons (Fsp3) is 0.240. The lowest BCUT2D eigenvalue weighted by Crippen LogP contribution is -2.46. The molecule has 0 radical (unpaired) electrons. The molecule has 0 unspecified atom stereocenters. The molecule has 3 aromatic rings. The molecular weight excluding hydrogens is 362 g/mol. The number of hydrogen-bond acceptors (Lipinski definition) is 3. The average Bonchev–Trinajstić information content (AvgIpc) is 2.74. The number of aliphatic carboxylic acids is 1. The van der Waals surface area contributed by atoms with Crippen LogP contribution in [0.3, 0.4) is 0 Å². The summed E-state index contributed by atoms with van der Waals surface area (Å²) in [5, 5.41) is 9.33. The second-order valence-corrected chi connectivity index (χ2v) is 8.02. The van der Waals surface area contributed by atoms with Crippen LogP contribution in [-0.2, 0) is 20.5 Å². The molecule has 0 amide bonds. The van der Waals surface area contributed by atoms with Crippen LogP contribution < -0.4 is 5.73 Å². The molecule has 4 heteroatoms. The molecule has 29 heavy (non-hydrogen) atoms.